The van der Waals surface area contributed by atoms with Gasteiger partial charge >= 0.3 is 0 Å². The second-order valence-corrected chi connectivity index (χ2v) is 12.5. The van der Waals surface area contributed by atoms with E-state index in [1.54, 1.807) is 0 Å². The Balaban J connectivity index is 2.13. The number of carbonyl (C=O) groups is 1. The first-order chi connectivity index (χ1) is 15.8. The number of allylic oxidation sites excluding steroid dienone is 5. The number of carbonyl (C=O) groups excluding carboxylic acids is 1. The Bertz CT molecular complexity index is 784. The average molecular weight is 473 g/mol. The van der Waals surface area contributed by atoms with Gasteiger partial charge < -0.3 is 10.2 Å². The van der Waals surface area contributed by atoms with Crippen molar-refractivity contribution in [1.29, 1.82) is 0 Å². The molecule has 0 aromatic rings. The molecule has 0 bridgehead atoms. The van der Waals surface area contributed by atoms with Crippen molar-refractivity contribution >= 4 is 6.29 Å². The van der Waals surface area contributed by atoms with Gasteiger partial charge in [-0.05, 0) is 114 Å². The lowest BCUT2D eigenvalue weighted by Gasteiger charge is -2.53. The molecule has 2 fully saturated rings. The van der Waals surface area contributed by atoms with Crippen LogP contribution in [0.2, 0.25) is 0 Å². The van der Waals surface area contributed by atoms with Crippen molar-refractivity contribution in [2.45, 2.75) is 118 Å². The molecule has 2 rings (SSSR count). The van der Waals surface area contributed by atoms with Gasteiger partial charge in [-0.3, -0.25) is 4.79 Å². The highest BCUT2D eigenvalue weighted by molar-refractivity contribution is 5.74. The van der Waals surface area contributed by atoms with E-state index in [-0.39, 0.29) is 17.9 Å². The van der Waals surface area contributed by atoms with E-state index < -0.39 is 5.60 Å². The van der Waals surface area contributed by atoms with Crippen LogP contribution >= 0.6 is 0 Å². The van der Waals surface area contributed by atoms with E-state index in [4.69, 9.17) is 0 Å². The lowest BCUT2D eigenvalue weighted by atomic mass is 9.54. The Morgan fingerprint density at radius 1 is 1.12 bits per heavy atom. The molecule has 0 aliphatic heterocycles. The van der Waals surface area contributed by atoms with Crippen LogP contribution in [0, 0.1) is 28.6 Å². The van der Waals surface area contributed by atoms with Crippen molar-refractivity contribution in [3.05, 3.63) is 34.9 Å². The van der Waals surface area contributed by atoms with Crippen LogP contribution in [0.25, 0.3) is 0 Å². The monoisotopic (exact) mass is 472 g/mol. The molecule has 0 saturated heterocycles. The predicted molar refractivity (Wildman–Crippen MR) is 144 cm³/mol. The molecular weight excluding hydrogens is 420 g/mol. The highest BCUT2D eigenvalue weighted by atomic mass is 16.3. The number of aliphatic hydroxyl groups excluding tert-OH is 1. The van der Waals surface area contributed by atoms with E-state index in [1.807, 2.05) is 13.8 Å². The third-order valence-electron chi connectivity index (χ3n) is 10.2. The topological polar surface area (TPSA) is 57.5 Å². The first kappa shape index (κ1) is 29.0. The fourth-order valence-corrected chi connectivity index (χ4v) is 6.86. The Kier molecular flexibility index (Phi) is 9.99. The Labute approximate surface area is 209 Å². The van der Waals surface area contributed by atoms with Crippen LogP contribution in [-0.2, 0) is 4.79 Å². The second-order valence-electron chi connectivity index (χ2n) is 12.5. The molecule has 0 amide bonds. The van der Waals surface area contributed by atoms with Crippen LogP contribution in [0.4, 0.5) is 0 Å². The first-order valence-electron chi connectivity index (χ1n) is 13.6. The number of aldehydes is 1. The molecule has 0 aromatic carbocycles. The van der Waals surface area contributed by atoms with Crippen LogP contribution in [0.1, 0.15) is 113 Å². The summed E-state index contributed by atoms with van der Waals surface area (Å²) in [5.74, 6) is 1.43. The normalized spacial score (nSPS) is 35.9. The van der Waals surface area contributed by atoms with Crippen molar-refractivity contribution in [3.63, 3.8) is 0 Å². The van der Waals surface area contributed by atoms with Gasteiger partial charge in [-0.15, -0.1) is 0 Å². The molecule has 2 aliphatic rings. The van der Waals surface area contributed by atoms with Gasteiger partial charge in [-0.1, -0.05) is 57.1 Å². The summed E-state index contributed by atoms with van der Waals surface area (Å²) >= 11 is 0. The van der Waals surface area contributed by atoms with E-state index >= 15 is 0 Å². The summed E-state index contributed by atoms with van der Waals surface area (Å²) in [5.41, 5.74) is 4.04. The third-order valence-corrected chi connectivity index (χ3v) is 10.2. The predicted octanol–water partition coefficient (Wildman–Crippen LogP) is 7.58. The SMILES string of the molecule is C=C1CC[C@H](C)C(C)(C)C1CC/C(C)=C/CC[C@@]1(C)[C@H](CCCO)/C(=C(/C)C=O)CC[C@]1(C)O. The van der Waals surface area contributed by atoms with Gasteiger partial charge in [-0.2, -0.15) is 0 Å². The molecule has 3 nitrogen and oxygen atoms in total. The number of rotatable bonds is 10. The lowest BCUT2D eigenvalue weighted by molar-refractivity contribution is -0.115. The van der Waals surface area contributed by atoms with Crippen LogP contribution in [0.5, 0.6) is 0 Å². The van der Waals surface area contributed by atoms with Gasteiger partial charge in [0.15, 0.2) is 0 Å². The zero-order chi connectivity index (χ0) is 25.7. The quantitative estimate of drug-likeness (QED) is 0.196. The van der Waals surface area contributed by atoms with Gasteiger partial charge in [0.2, 0.25) is 0 Å². The Morgan fingerprint density at radius 3 is 2.41 bits per heavy atom. The Morgan fingerprint density at radius 2 is 1.79 bits per heavy atom. The zero-order valence-corrected chi connectivity index (χ0v) is 23.2. The molecule has 0 aromatic heterocycles. The van der Waals surface area contributed by atoms with E-state index in [1.165, 1.54) is 23.1 Å². The van der Waals surface area contributed by atoms with E-state index in [0.717, 1.165) is 62.7 Å². The summed E-state index contributed by atoms with van der Waals surface area (Å²) in [6.07, 6.45) is 12.8. The summed E-state index contributed by atoms with van der Waals surface area (Å²) in [6.45, 7) is 20.1. The summed E-state index contributed by atoms with van der Waals surface area (Å²) in [7, 11) is 0. The minimum absolute atomic E-state index is 0.121. The van der Waals surface area contributed by atoms with Gasteiger partial charge in [0, 0.05) is 12.0 Å². The van der Waals surface area contributed by atoms with Crippen LogP contribution in [-0.4, -0.2) is 28.7 Å². The minimum Gasteiger partial charge on any atom is -0.396 e. The van der Waals surface area contributed by atoms with Gasteiger partial charge in [-0.25, -0.2) is 0 Å². The van der Waals surface area contributed by atoms with E-state index in [0.29, 0.717) is 24.2 Å². The zero-order valence-electron chi connectivity index (χ0n) is 23.2. The van der Waals surface area contributed by atoms with Crippen molar-refractivity contribution in [2.75, 3.05) is 6.61 Å². The Hall–Kier alpha value is -1.19. The summed E-state index contributed by atoms with van der Waals surface area (Å²) in [4.78, 5) is 11.6. The summed E-state index contributed by atoms with van der Waals surface area (Å²) in [5, 5.41) is 21.0. The average Bonchev–Trinajstić information content (AvgIpc) is 2.77. The molecule has 0 spiro atoms. The number of aliphatic hydroxyl groups is 2. The molecule has 2 aliphatic carbocycles. The molecule has 194 valence electrons. The van der Waals surface area contributed by atoms with Crippen molar-refractivity contribution in [2.24, 2.45) is 28.6 Å². The molecule has 34 heavy (non-hydrogen) atoms. The summed E-state index contributed by atoms with van der Waals surface area (Å²) in [6, 6.07) is 0. The second kappa shape index (κ2) is 11.7. The molecule has 2 N–H and O–H groups in total. The third kappa shape index (κ3) is 6.13. The number of hydrogen-bond acceptors (Lipinski definition) is 3. The highest BCUT2D eigenvalue weighted by Crippen LogP contribution is 2.55. The van der Waals surface area contributed by atoms with Crippen LogP contribution in [0.15, 0.2) is 34.9 Å². The molecule has 3 heteroatoms. The van der Waals surface area contributed by atoms with Crippen molar-refractivity contribution in [3.8, 4) is 0 Å². The standard InChI is InChI=1S/C31H52O3/c1-22(13-16-27-23(2)14-15-25(4)29(27,5)6)11-9-18-30(7)28(12-10-20-32)26(24(3)21-33)17-19-31(30,8)34/h11,21,25,27-28,32,34H,2,9-10,12-20H2,1,3-8H3/b22-11+,26-24-/t25-,27?,28+,30-,31-/m0/s1. The van der Waals surface area contributed by atoms with E-state index in [9.17, 15) is 15.0 Å². The lowest BCUT2D eigenvalue weighted by Crippen LogP contribution is -2.52. The van der Waals surface area contributed by atoms with Gasteiger partial charge in [0.1, 0.15) is 6.29 Å². The maximum atomic E-state index is 11.6. The molecule has 2 saturated carbocycles. The molecule has 5 atom stereocenters. The molecular formula is C31H52O3. The molecule has 1 unspecified atom stereocenters. The van der Waals surface area contributed by atoms with Crippen LogP contribution < -0.4 is 0 Å². The molecule has 0 heterocycles. The van der Waals surface area contributed by atoms with Crippen molar-refractivity contribution in [1.82, 2.24) is 0 Å². The maximum Gasteiger partial charge on any atom is 0.145 e. The van der Waals surface area contributed by atoms with Crippen molar-refractivity contribution < 1.29 is 15.0 Å². The smallest absolute Gasteiger partial charge is 0.145 e. The highest BCUT2D eigenvalue weighted by Gasteiger charge is 2.52. The fourth-order valence-electron chi connectivity index (χ4n) is 6.86. The summed E-state index contributed by atoms with van der Waals surface area (Å²) < 4.78 is 0. The van der Waals surface area contributed by atoms with Gasteiger partial charge in [0.25, 0.3) is 0 Å². The van der Waals surface area contributed by atoms with Gasteiger partial charge in [0.05, 0.1) is 5.60 Å². The molecule has 0 radical (unpaired) electrons. The minimum atomic E-state index is -0.790. The maximum absolute atomic E-state index is 11.6. The fraction of sp³-hybridized carbons (Fsp3) is 0.774. The largest absolute Gasteiger partial charge is 0.396 e. The van der Waals surface area contributed by atoms with E-state index in [2.05, 4.69) is 47.3 Å². The first-order valence-corrected chi connectivity index (χ1v) is 13.6. The number of hydrogen-bond donors (Lipinski definition) is 2. The van der Waals surface area contributed by atoms with Crippen LogP contribution in [0.3, 0.4) is 0 Å².